The highest BCUT2D eigenvalue weighted by Gasteiger charge is 2.00. The van der Waals surface area contributed by atoms with Gasteiger partial charge in [0.05, 0.1) is 0 Å². The summed E-state index contributed by atoms with van der Waals surface area (Å²) in [4.78, 5) is 1.03. The molecule has 0 aliphatic carbocycles. The summed E-state index contributed by atoms with van der Waals surface area (Å²) < 4.78 is 0. The number of rotatable bonds is 2. The third-order valence-electron chi connectivity index (χ3n) is 1.63. The highest BCUT2D eigenvalue weighted by Crippen LogP contribution is 2.27. The largest absolute Gasteiger partial charge is 0.151 e. The molecule has 2 aromatic rings. The van der Waals surface area contributed by atoms with Crippen molar-refractivity contribution in [3.8, 4) is 0 Å². The van der Waals surface area contributed by atoms with Gasteiger partial charge in [-0.15, -0.1) is 10.2 Å². The first kappa shape index (κ1) is 10.7. The van der Waals surface area contributed by atoms with E-state index < -0.39 is 0 Å². The molecule has 0 aliphatic heterocycles. The molecular formula is C10H6Cl2N2S. The van der Waals surface area contributed by atoms with Gasteiger partial charge in [0.1, 0.15) is 5.03 Å². The summed E-state index contributed by atoms with van der Waals surface area (Å²) in [5.74, 6) is 0. The van der Waals surface area contributed by atoms with Gasteiger partial charge < -0.3 is 0 Å². The maximum atomic E-state index is 5.87. The fourth-order valence-corrected chi connectivity index (χ4v) is 2.16. The molecule has 0 amide bonds. The van der Waals surface area contributed by atoms with Crippen LogP contribution in [0.5, 0.6) is 0 Å². The van der Waals surface area contributed by atoms with E-state index in [1.165, 1.54) is 11.8 Å². The van der Waals surface area contributed by atoms with Crippen molar-refractivity contribution in [1.29, 1.82) is 0 Å². The van der Waals surface area contributed by atoms with Crippen LogP contribution >= 0.6 is 35.0 Å². The Labute approximate surface area is 102 Å². The first-order valence-electron chi connectivity index (χ1n) is 4.17. The van der Waals surface area contributed by atoms with Crippen molar-refractivity contribution >= 4 is 35.0 Å². The highest BCUT2D eigenvalue weighted by molar-refractivity contribution is 7.99. The van der Waals surface area contributed by atoms with E-state index in [1.807, 2.05) is 30.3 Å². The van der Waals surface area contributed by atoms with Gasteiger partial charge >= 0.3 is 0 Å². The number of hydrogen-bond acceptors (Lipinski definition) is 3. The maximum Gasteiger partial charge on any atom is 0.151 e. The van der Waals surface area contributed by atoms with Crippen LogP contribution in [-0.2, 0) is 0 Å². The second-order valence-corrected chi connectivity index (χ2v) is 4.67. The zero-order valence-corrected chi connectivity index (χ0v) is 9.85. The Balaban J connectivity index is 2.18. The molecule has 15 heavy (non-hydrogen) atoms. The van der Waals surface area contributed by atoms with E-state index in [4.69, 9.17) is 23.2 Å². The van der Waals surface area contributed by atoms with Gasteiger partial charge in [0.15, 0.2) is 5.15 Å². The second-order valence-electron chi connectivity index (χ2n) is 2.75. The Morgan fingerprint density at radius 3 is 2.53 bits per heavy atom. The minimum Gasteiger partial charge on any atom is -0.142 e. The predicted octanol–water partition coefficient (Wildman–Crippen LogP) is 3.93. The summed E-state index contributed by atoms with van der Waals surface area (Å²) in [5.41, 5.74) is 0. The van der Waals surface area contributed by atoms with Crippen LogP contribution in [0.4, 0.5) is 0 Å². The van der Waals surface area contributed by atoms with E-state index in [9.17, 15) is 0 Å². The third-order valence-corrected chi connectivity index (χ3v) is 2.98. The van der Waals surface area contributed by atoms with Crippen molar-refractivity contribution < 1.29 is 0 Å². The van der Waals surface area contributed by atoms with E-state index in [0.717, 1.165) is 9.92 Å². The highest BCUT2D eigenvalue weighted by atomic mass is 35.5. The van der Waals surface area contributed by atoms with Crippen LogP contribution in [0.1, 0.15) is 0 Å². The lowest BCUT2D eigenvalue weighted by molar-refractivity contribution is 0.930. The van der Waals surface area contributed by atoms with Gasteiger partial charge in [-0.2, -0.15) is 0 Å². The number of halogens is 2. The number of aromatic nitrogens is 2. The molecule has 0 fully saturated rings. The molecule has 1 aromatic carbocycles. The van der Waals surface area contributed by atoms with Crippen molar-refractivity contribution in [2.75, 3.05) is 0 Å². The minimum atomic E-state index is 0.394. The Morgan fingerprint density at radius 2 is 1.87 bits per heavy atom. The smallest absolute Gasteiger partial charge is 0.142 e. The number of benzene rings is 1. The molecule has 1 heterocycles. The van der Waals surface area contributed by atoms with Gasteiger partial charge in [-0.3, -0.25) is 0 Å². The van der Waals surface area contributed by atoms with Crippen LogP contribution in [0.2, 0.25) is 10.2 Å². The Morgan fingerprint density at radius 1 is 1.00 bits per heavy atom. The summed E-state index contributed by atoms with van der Waals surface area (Å²) in [6, 6.07) is 11.1. The van der Waals surface area contributed by atoms with E-state index >= 15 is 0 Å². The summed E-state index contributed by atoms with van der Waals surface area (Å²) in [6.07, 6.45) is 0. The molecule has 2 rings (SSSR count). The molecule has 0 N–H and O–H groups in total. The molecule has 1 aromatic heterocycles. The zero-order valence-electron chi connectivity index (χ0n) is 7.52. The molecule has 0 radical (unpaired) electrons. The lowest BCUT2D eigenvalue weighted by Gasteiger charge is -1.99. The quantitative estimate of drug-likeness (QED) is 0.815. The van der Waals surface area contributed by atoms with E-state index in [1.54, 1.807) is 6.07 Å². The summed E-state index contributed by atoms with van der Waals surface area (Å²) in [6.45, 7) is 0. The third kappa shape index (κ3) is 3.09. The van der Waals surface area contributed by atoms with Gasteiger partial charge in [0.2, 0.25) is 0 Å². The lowest BCUT2D eigenvalue weighted by atomic mass is 10.4. The Kier molecular flexibility index (Phi) is 3.46. The summed E-state index contributed by atoms with van der Waals surface area (Å²) >= 11 is 13.0. The Hall–Kier alpha value is -0.770. The van der Waals surface area contributed by atoms with Crippen LogP contribution in [0.25, 0.3) is 0 Å². The average molecular weight is 257 g/mol. The maximum absolute atomic E-state index is 5.87. The molecule has 0 bridgehead atoms. The van der Waals surface area contributed by atoms with Gasteiger partial charge in [0.25, 0.3) is 0 Å². The van der Waals surface area contributed by atoms with Gasteiger partial charge in [-0.05, 0) is 30.3 Å². The zero-order chi connectivity index (χ0) is 10.7. The minimum absolute atomic E-state index is 0.394. The normalized spacial score (nSPS) is 10.3. The lowest BCUT2D eigenvalue weighted by Crippen LogP contribution is -1.84. The second kappa shape index (κ2) is 4.84. The molecule has 0 saturated carbocycles. The van der Waals surface area contributed by atoms with E-state index in [0.29, 0.717) is 10.2 Å². The van der Waals surface area contributed by atoms with Crippen LogP contribution in [0.3, 0.4) is 0 Å². The van der Waals surface area contributed by atoms with E-state index in [-0.39, 0.29) is 0 Å². The molecule has 0 unspecified atom stereocenters. The monoisotopic (exact) mass is 256 g/mol. The fourth-order valence-electron chi connectivity index (χ4n) is 1.01. The molecule has 2 nitrogen and oxygen atoms in total. The van der Waals surface area contributed by atoms with Crippen molar-refractivity contribution in [3.05, 3.63) is 46.6 Å². The number of nitrogens with zero attached hydrogens (tertiary/aromatic N) is 2. The van der Waals surface area contributed by atoms with Crippen LogP contribution in [-0.4, -0.2) is 10.2 Å². The summed E-state index contributed by atoms with van der Waals surface area (Å²) in [5, 5.41) is 9.60. The SMILES string of the molecule is Clc1cccc(Sc2ccc(Cl)nn2)c1. The van der Waals surface area contributed by atoms with Crippen molar-refractivity contribution in [2.45, 2.75) is 9.92 Å². The van der Waals surface area contributed by atoms with E-state index in [2.05, 4.69) is 10.2 Å². The average Bonchev–Trinajstić information content (AvgIpc) is 2.22. The topological polar surface area (TPSA) is 25.8 Å². The summed E-state index contributed by atoms with van der Waals surface area (Å²) in [7, 11) is 0. The van der Waals surface area contributed by atoms with Crippen LogP contribution in [0, 0.1) is 0 Å². The first-order chi connectivity index (χ1) is 7.24. The fraction of sp³-hybridized carbons (Fsp3) is 0. The molecule has 0 saturated heterocycles. The van der Waals surface area contributed by atoms with Crippen molar-refractivity contribution in [3.63, 3.8) is 0 Å². The molecule has 76 valence electrons. The van der Waals surface area contributed by atoms with Crippen molar-refractivity contribution in [1.82, 2.24) is 10.2 Å². The predicted molar refractivity (Wildman–Crippen MR) is 62.6 cm³/mol. The van der Waals surface area contributed by atoms with Crippen LogP contribution in [0.15, 0.2) is 46.3 Å². The molecular weight excluding hydrogens is 251 g/mol. The number of hydrogen-bond donors (Lipinski definition) is 0. The Bertz CT molecular complexity index is 459. The van der Waals surface area contributed by atoms with Gasteiger partial charge in [-0.1, -0.05) is 41.0 Å². The van der Waals surface area contributed by atoms with Gasteiger partial charge in [-0.25, -0.2) is 0 Å². The molecule has 5 heteroatoms. The van der Waals surface area contributed by atoms with Gasteiger partial charge in [0, 0.05) is 9.92 Å². The molecule has 0 spiro atoms. The first-order valence-corrected chi connectivity index (χ1v) is 5.74. The standard InChI is InChI=1S/C10H6Cl2N2S/c11-7-2-1-3-8(6-7)15-10-5-4-9(12)13-14-10/h1-6H. The molecule has 0 atom stereocenters. The van der Waals surface area contributed by atoms with Crippen molar-refractivity contribution in [2.24, 2.45) is 0 Å². The van der Waals surface area contributed by atoms with Crippen LogP contribution < -0.4 is 0 Å². The molecule has 0 aliphatic rings.